The first kappa shape index (κ1) is 20.5. The fraction of sp³-hybridized carbons (Fsp3) is 0.143. The van der Waals surface area contributed by atoms with E-state index in [1.54, 1.807) is 18.2 Å². The van der Waals surface area contributed by atoms with Crippen molar-refractivity contribution in [3.63, 3.8) is 0 Å². The Morgan fingerprint density at radius 2 is 1.62 bits per heavy atom. The van der Waals surface area contributed by atoms with Gasteiger partial charge in [0.15, 0.2) is 0 Å². The van der Waals surface area contributed by atoms with E-state index in [1.807, 2.05) is 37.3 Å². The Hall–Kier alpha value is -3.23. The van der Waals surface area contributed by atoms with Crippen LogP contribution in [-0.4, -0.2) is 32.4 Å². The van der Waals surface area contributed by atoms with Gasteiger partial charge in [0.25, 0.3) is 11.5 Å². The molecule has 1 amide bonds. The minimum absolute atomic E-state index is 0.00194. The quantitative estimate of drug-likeness (QED) is 0.517. The van der Waals surface area contributed by atoms with E-state index in [9.17, 15) is 18.0 Å². The largest absolute Gasteiger partial charge is 0.351 e. The van der Waals surface area contributed by atoms with Crippen molar-refractivity contribution in [2.45, 2.75) is 11.8 Å². The van der Waals surface area contributed by atoms with Gasteiger partial charge in [0.1, 0.15) is 5.56 Å². The molecule has 0 aliphatic rings. The molecule has 2 aromatic carbocycles. The van der Waals surface area contributed by atoms with E-state index in [-0.39, 0.29) is 23.5 Å². The number of nitrogens with one attached hydrogen (secondary N) is 3. The summed E-state index contributed by atoms with van der Waals surface area (Å²) in [6, 6.07) is 18.8. The third kappa shape index (κ3) is 5.18. The van der Waals surface area contributed by atoms with Crippen LogP contribution in [0.1, 0.15) is 15.9 Å². The van der Waals surface area contributed by atoms with Gasteiger partial charge in [0, 0.05) is 18.8 Å². The summed E-state index contributed by atoms with van der Waals surface area (Å²) in [4.78, 5) is 27.3. The molecule has 3 rings (SSSR count). The summed E-state index contributed by atoms with van der Waals surface area (Å²) in [5, 5.41) is 2.55. The second-order valence-electron chi connectivity index (χ2n) is 6.45. The molecule has 8 heteroatoms. The summed E-state index contributed by atoms with van der Waals surface area (Å²) in [5.74, 6) is -0.569. The highest BCUT2D eigenvalue weighted by Crippen LogP contribution is 2.14. The Morgan fingerprint density at radius 3 is 2.28 bits per heavy atom. The summed E-state index contributed by atoms with van der Waals surface area (Å²) in [5.41, 5.74) is 1.86. The van der Waals surface area contributed by atoms with E-state index in [1.165, 1.54) is 18.2 Å². The number of aryl methyl sites for hydroxylation is 1. The average molecular weight is 411 g/mol. The van der Waals surface area contributed by atoms with Crippen molar-refractivity contribution < 1.29 is 13.2 Å². The number of amides is 1. The van der Waals surface area contributed by atoms with Crippen molar-refractivity contribution in [3.8, 4) is 11.3 Å². The zero-order chi connectivity index (χ0) is 20.9. The molecule has 3 aromatic rings. The molecule has 3 N–H and O–H groups in total. The normalized spacial score (nSPS) is 11.2. The zero-order valence-electron chi connectivity index (χ0n) is 15.8. The van der Waals surface area contributed by atoms with Crippen molar-refractivity contribution in [1.82, 2.24) is 15.0 Å². The number of carbonyl (C=O) groups excluding carboxylic acids is 1. The standard InChI is InChI=1S/C21H21N3O4S/c1-15-7-9-17(10-8-15)29(27,28)23-14-13-22-20(25)18-11-12-19(24-21(18)26)16-5-3-2-4-6-16/h2-12,23H,13-14H2,1H3,(H,22,25)(H,24,26). The van der Waals surface area contributed by atoms with Crippen molar-refractivity contribution in [3.05, 3.63) is 88.2 Å². The molecule has 0 bridgehead atoms. The van der Waals surface area contributed by atoms with Crippen LogP contribution >= 0.6 is 0 Å². The lowest BCUT2D eigenvalue weighted by Gasteiger charge is -2.09. The molecule has 0 spiro atoms. The number of benzene rings is 2. The molecule has 7 nitrogen and oxygen atoms in total. The maximum atomic E-state index is 12.2. The predicted molar refractivity (Wildman–Crippen MR) is 111 cm³/mol. The summed E-state index contributed by atoms with van der Waals surface area (Å²) < 4.78 is 26.8. The predicted octanol–water partition coefficient (Wildman–Crippen LogP) is 2.06. The summed E-state index contributed by atoms with van der Waals surface area (Å²) in [6.45, 7) is 1.92. The van der Waals surface area contributed by atoms with E-state index < -0.39 is 21.5 Å². The SMILES string of the molecule is Cc1ccc(S(=O)(=O)NCCNC(=O)c2ccc(-c3ccccc3)[nH]c2=O)cc1. The molecular weight excluding hydrogens is 390 g/mol. The van der Waals surface area contributed by atoms with Gasteiger partial charge in [0.05, 0.1) is 4.90 Å². The molecule has 0 atom stereocenters. The van der Waals surface area contributed by atoms with Crippen LogP contribution in [0.5, 0.6) is 0 Å². The molecule has 0 aliphatic carbocycles. The van der Waals surface area contributed by atoms with Gasteiger partial charge in [-0.2, -0.15) is 0 Å². The fourth-order valence-corrected chi connectivity index (χ4v) is 3.73. The third-order valence-electron chi connectivity index (χ3n) is 4.27. The minimum atomic E-state index is -3.65. The van der Waals surface area contributed by atoms with Crippen molar-refractivity contribution in [1.29, 1.82) is 0 Å². The fourth-order valence-electron chi connectivity index (χ4n) is 2.70. The minimum Gasteiger partial charge on any atom is -0.351 e. The topological polar surface area (TPSA) is 108 Å². The molecule has 150 valence electrons. The van der Waals surface area contributed by atoms with Crippen LogP contribution in [0.25, 0.3) is 11.3 Å². The van der Waals surface area contributed by atoms with Crippen LogP contribution in [-0.2, 0) is 10.0 Å². The van der Waals surface area contributed by atoms with Gasteiger partial charge in [-0.05, 0) is 36.8 Å². The second kappa shape index (κ2) is 8.85. The molecule has 0 saturated heterocycles. The van der Waals surface area contributed by atoms with Crippen LogP contribution in [0.4, 0.5) is 0 Å². The second-order valence-corrected chi connectivity index (χ2v) is 8.21. The van der Waals surface area contributed by atoms with Gasteiger partial charge >= 0.3 is 0 Å². The lowest BCUT2D eigenvalue weighted by molar-refractivity contribution is 0.0953. The van der Waals surface area contributed by atoms with E-state index in [2.05, 4.69) is 15.0 Å². The van der Waals surface area contributed by atoms with E-state index in [4.69, 9.17) is 0 Å². The van der Waals surface area contributed by atoms with Crippen LogP contribution in [0.15, 0.2) is 76.4 Å². The molecule has 1 heterocycles. The summed E-state index contributed by atoms with van der Waals surface area (Å²) in [6.07, 6.45) is 0. The van der Waals surface area contributed by atoms with Gasteiger partial charge in [-0.15, -0.1) is 0 Å². The lowest BCUT2D eigenvalue weighted by atomic mass is 10.1. The lowest BCUT2D eigenvalue weighted by Crippen LogP contribution is -2.36. The average Bonchev–Trinajstić information content (AvgIpc) is 2.72. The number of pyridine rings is 1. The molecule has 29 heavy (non-hydrogen) atoms. The molecule has 0 fully saturated rings. The first-order valence-electron chi connectivity index (χ1n) is 9.00. The number of aromatic amines is 1. The highest BCUT2D eigenvalue weighted by Gasteiger charge is 2.14. The molecule has 0 aliphatic heterocycles. The molecular formula is C21H21N3O4S. The Morgan fingerprint density at radius 1 is 0.931 bits per heavy atom. The van der Waals surface area contributed by atoms with Gasteiger partial charge < -0.3 is 10.3 Å². The molecule has 0 radical (unpaired) electrons. The number of carbonyl (C=O) groups is 1. The van der Waals surface area contributed by atoms with E-state index in [0.29, 0.717) is 5.69 Å². The zero-order valence-corrected chi connectivity index (χ0v) is 16.6. The number of sulfonamides is 1. The smallest absolute Gasteiger partial charge is 0.261 e. The monoisotopic (exact) mass is 411 g/mol. The highest BCUT2D eigenvalue weighted by atomic mass is 32.2. The Bertz CT molecular complexity index is 1150. The van der Waals surface area contributed by atoms with Crippen LogP contribution in [0, 0.1) is 6.92 Å². The van der Waals surface area contributed by atoms with Crippen molar-refractivity contribution >= 4 is 15.9 Å². The summed E-state index contributed by atoms with van der Waals surface area (Å²) >= 11 is 0. The Balaban J connectivity index is 1.57. The Labute approximate surface area is 168 Å². The summed E-state index contributed by atoms with van der Waals surface area (Å²) in [7, 11) is -3.65. The molecule has 1 aromatic heterocycles. The number of rotatable bonds is 7. The van der Waals surface area contributed by atoms with Crippen LogP contribution in [0.2, 0.25) is 0 Å². The number of hydrogen-bond acceptors (Lipinski definition) is 4. The number of hydrogen-bond donors (Lipinski definition) is 3. The van der Waals surface area contributed by atoms with Crippen LogP contribution in [0.3, 0.4) is 0 Å². The van der Waals surface area contributed by atoms with E-state index in [0.717, 1.165) is 11.1 Å². The van der Waals surface area contributed by atoms with Gasteiger partial charge in [0.2, 0.25) is 10.0 Å². The highest BCUT2D eigenvalue weighted by molar-refractivity contribution is 7.89. The van der Waals surface area contributed by atoms with Crippen molar-refractivity contribution in [2.75, 3.05) is 13.1 Å². The molecule has 0 unspecified atom stereocenters. The third-order valence-corrected chi connectivity index (χ3v) is 5.75. The van der Waals surface area contributed by atoms with Gasteiger partial charge in [-0.1, -0.05) is 48.0 Å². The van der Waals surface area contributed by atoms with E-state index >= 15 is 0 Å². The maximum Gasteiger partial charge on any atom is 0.261 e. The van der Waals surface area contributed by atoms with Gasteiger partial charge in [-0.3, -0.25) is 9.59 Å². The number of aromatic nitrogens is 1. The van der Waals surface area contributed by atoms with Crippen LogP contribution < -0.4 is 15.6 Å². The first-order chi connectivity index (χ1) is 13.9. The molecule has 0 saturated carbocycles. The Kier molecular flexibility index (Phi) is 6.26. The first-order valence-corrected chi connectivity index (χ1v) is 10.5. The van der Waals surface area contributed by atoms with Gasteiger partial charge in [-0.25, -0.2) is 13.1 Å². The van der Waals surface area contributed by atoms with Crippen molar-refractivity contribution in [2.24, 2.45) is 0 Å². The maximum absolute atomic E-state index is 12.2. The number of H-pyrrole nitrogens is 1.